The molecular weight excluding hydrogens is 266 g/mol. The van der Waals surface area contributed by atoms with Gasteiger partial charge in [0.05, 0.1) is 0 Å². The third-order valence-electron chi connectivity index (χ3n) is 3.69. The Bertz CT molecular complexity index is 545. The molecule has 1 aromatic carbocycles. The van der Waals surface area contributed by atoms with E-state index in [9.17, 15) is 9.59 Å². The van der Waals surface area contributed by atoms with Crippen LogP contribution < -0.4 is 5.32 Å². The van der Waals surface area contributed by atoms with Crippen molar-refractivity contribution in [2.24, 2.45) is 5.92 Å². The van der Waals surface area contributed by atoms with Gasteiger partial charge in [-0.25, -0.2) is 4.79 Å². The van der Waals surface area contributed by atoms with Crippen LogP contribution in [-0.4, -0.2) is 23.5 Å². The van der Waals surface area contributed by atoms with Crippen molar-refractivity contribution in [3.8, 4) is 0 Å². The molecule has 21 heavy (non-hydrogen) atoms. The Morgan fingerprint density at radius 1 is 1.38 bits per heavy atom. The number of ketones is 1. The summed E-state index contributed by atoms with van der Waals surface area (Å²) in [6, 6.07) is 7.46. The average molecular weight is 289 g/mol. The van der Waals surface area contributed by atoms with Crippen molar-refractivity contribution in [2.75, 3.05) is 0 Å². The number of carbonyl (C=O) groups is 2. The van der Waals surface area contributed by atoms with Crippen LogP contribution in [0.25, 0.3) is 0 Å². The first-order chi connectivity index (χ1) is 9.81. The lowest BCUT2D eigenvalue weighted by molar-refractivity contribution is 0.0483. The first-order valence-corrected chi connectivity index (χ1v) is 7.43. The number of hydrogen-bond acceptors (Lipinski definition) is 3. The number of hydrogen-bond donors (Lipinski definition) is 1. The second-order valence-corrected chi connectivity index (χ2v) is 6.49. The topological polar surface area (TPSA) is 55.4 Å². The number of benzene rings is 1. The Morgan fingerprint density at radius 2 is 2.05 bits per heavy atom. The highest BCUT2D eigenvalue weighted by molar-refractivity contribution is 6.02. The molecule has 0 saturated carbocycles. The minimum atomic E-state index is -0.537. The minimum Gasteiger partial charge on any atom is -0.444 e. The number of Topliss-reactive ketones (excluding diaryl/α,β-unsaturated/α-hetero) is 1. The van der Waals surface area contributed by atoms with E-state index in [0.29, 0.717) is 12.8 Å². The van der Waals surface area contributed by atoms with E-state index < -0.39 is 11.7 Å². The predicted octanol–water partition coefficient (Wildman–Crippen LogP) is 3.34. The largest absolute Gasteiger partial charge is 0.444 e. The molecule has 0 aliphatic heterocycles. The maximum absolute atomic E-state index is 12.5. The molecule has 1 aromatic rings. The number of rotatable bonds is 3. The quantitative estimate of drug-likeness (QED) is 0.928. The van der Waals surface area contributed by atoms with Gasteiger partial charge < -0.3 is 10.1 Å². The SMILES string of the molecule is CCC(NC(=O)OC(C)(C)C)C1Cc2ccccc2C1=O. The van der Waals surface area contributed by atoms with E-state index >= 15 is 0 Å². The van der Waals surface area contributed by atoms with Crippen molar-refractivity contribution in [1.29, 1.82) is 0 Å². The van der Waals surface area contributed by atoms with Gasteiger partial charge >= 0.3 is 6.09 Å². The van der Waals surface area contributed by atoms with Crippen LogP contribution in [0.5, 0.6) is 0 Å². The Hall–Kier alpha value is -1.84. The number of alkyl carbamates (subject to hydrolysis) is 1. The highest BCUT2D eigenvalue weighted by Gasteiger charge is 2.36. The zero-order valence-corrected chi connectivity index (χ0v) is 13.1. The maximum Gasteiger partial charge on any atom is 0.407 e. The summed E-state index contributed by atoms with van der Waals surface area (Å²) in [5.74, 6) is -0.0755. The molecule has 2 unspecified atom stereocenters. The van der Waals surface area contributed by atoms with Gasteiger partial charge in [0.15, 0.2) is 5.78 Å². The summed E-state index contributed by atoms with van der Waals surface area (Å²) in [6.45, 7) is 7.44. The molecule has 0 fully saturated rings. The van der Waals surface area contributed by atoms with Crippen LogP contribution >= 0.6 is 0 Å². The van der Waals surface area contributed by atoms with Gasteiger partial charge in [-0.05, 0) is 39.2 Å². The lowest BCUT2D eigenvalue weighted by atomic mass is 9.93. The third kappa shape index (κ3) is 3.63. The molecule has 1 aliphatic carbocycles. The fourth-order valence-corrected chi connectivity index (χ4v) is 2.74. The molecule has 0 saturated heterocycles. The van der Waals surface area contributed by atoms with E-state index in [-0.39, 0.29) is 17.7 Å². The van der Waals surface area contributed by atoms with Gasteiger partial charge in [-0.15, -0.1) is 0 Å². The van der Waals surface area contributed by atoms with Crippen LogP contribution in [0.15, 0.2) is 24.3 Å². The Kier molecular flexibility index (Phi) is 4.35. The molecule has 1 N–H and O–H groups in total. The van der Waals surface area contributed by atoms with Crippen LogP contribution in [0.3, 0.4) is 0 Å². The summed E-state index contributed by atoms with van der Waals surface area (Å²) in [7, 11) is 0. The molecule has 0 bridgehead atoms. The standard InChI is InChI=1S/C17H23NO3/c1-5-14(18-16(20)21-17(2,3)4)13-10-11-8-6-7-9-12(11)15(13)19/h6-9,13-14H,5,10H2,1-4H3,(H,18,20). The van der Waals surface area contributed by atoms with Crippen LogP contribution in [0.2, 0.25) is 0 Å². The summed E-state index contributed by atoms with van der Waals surface area (Å²) in [5, 5.41) is 2.85. The summed E-state index contributed by atoms with van der Waals surface area (Å²) in [6.07, 6.45) is 0.922. The Morgan fingerprint density at radius 3 is 2.62 bits per heavy atom. The molecule has 0 spiro atoms. The lowest BCUT2D eigenvalue weighted by Gasteiger charge is -2.25. The second-order valence-electron chi connectivity index (χ2n) is 6.49. The van der Waals surface area contributed by atoms with Crippen LogP contribution in [0.1, 0.15) is 50.0 Å². The normalized spacial score (nSPS) is 19.0. The van der Waals surface area contributed by atoms with Crippen LogP contribution in [-0.2, 0) is 11.2 Å². The van der Waals surface area contributed by atoms with Crippen molar-refractivity contribution < 1.29 is 14.3 Å². The summed E-state index contributed by atoms with van der Waals surface area (Å²) >= 11 is 0. The van der Waals surface area contributed by atoms with Crippen molar-refractivity contribution in [3.63, 3.8) is 0 Å². The number of amides is 1. The number of fused-ring (bicyclic) bond motifs is 1. The molecule has 2 rings (SSSR count). The molecule has 1 aliphatic rings. The smallest absolute Gasteiger partial charge is 0.407 e. The predicted molar refractivity (Wildman–Crippen MR) is 81.4 cm³/mol. The molecule has 4 nitrogen and oxygen atoms in total. The maximum atomic E-state index is 12.5. The van der Waals surface area contributed by atoms with Crippen LogP contribution in [0.4, 0.5) is 4.79 Å². The van der Waals surface area contributed by atoms with E-state index in [2.05, 4.69) is 5.32 Å². The molecule has 2 atom stereocenters. The summed E-state index contributed by atoms with van der Waals surface area (Å²) in [4.78, 5) is 24.4. The van der Waals surface area contributed by atoms with Gasteiger partial charge in [0, 0.05) is 17.5 Å². The average Bonchev–Trinajstić information content (AvgIpc) is 2.72. The highest BCUT2D eigenvalue weighted by Crippen LogP contribution is 2.29. The number of nitrogens with one attached hydrogen (secondary N) is 1. The summed E-state index contributed by atoms with van der Waals surface area (Å²) in [5.41, 5.74) is 1.31. The second kappa shape index (κ2) is 5.88. The van der Waals surface area contributed by atoms with Gasteiger partial charge in [-0.3, -0.25) is 4.79 Å². The van der Waals surface area contributed by atoms with Gasteiger partial charge in [0.25, 0.3) is 0 Å². The van der Waals surface area contributed by atoms with Crippen molar-refractivity contribution >= 4 is 11.9 Å². The van der Waals surface area contributed by atoms with Gasteiger partial charge in [0.1, 0.15) is 5.60 Å². The number of ether oxygens (including phenoxy) is 1. The zero-order chi connectivity index (χ0) is 15.6. The lowest BCUT2D eigenvalue weighted by Crippen LogP contribution is -2.44. The molecular formula is C17H23NO3. The first kappa shape index (κ1) is 15.5. The van der Waals surface area contributed by atoms with E-state index in [0.717, 1.165) is 11.1 Å². The van der Waals surface area contributed by atoms with Crippen LogP contribution in [0, 0.1) is 5.92 Å². The Labute approximate surface area is 125 Å². The van der Waals surface area contributed by atoms with E-state index in [1.807, 2.05) is 52.0 Å². The number of carbonyl (C=O) groups excluding carboxylic acids is 2. The fourth-order valence-electron chi connectivity index (χ4n) is 2.74. The van der Waals surface area contributed by atoms with Crippen molar-refractivity contribution in [2.45, 2.75) is 52.2 Å². The van der Waals surface area contributed by atoms with Crippen molar-refractivity contribution in [1.82, 2.24) is 5.32 Å². The first-order valence-electron chi connectivity index (χ1n) is 7.43. The molecule has 114 valence electrons. The third-order valence-corrected chi connectivity index (χ3v) is 3.69. The minimum absolute atomic E-state index is 0.119. The van der Waals surface area contributed by atoms with Crippen molar-refractivity contribution in [3.05, 3.63) is 35.4 Å². The molecule has 0 heterocycles. The fraction of sp³-hybridized carbons (Fsp3) is 0.529. The van der Waals surface area contributed by atoms with Gasteiger partial charge in [-0.2, -0.15) is 0 Å². The highest BCUT2D eigenvalue weighted by atomic mass is 16.6. The van der Waals surface area contributed by atoms with Gasteiger partial charge in [-0.1, -0.05) is 31.2 Å². The Balaban J connectivity index is 2.07. The van der Waals surface area contributed by atoms with Gasteiger partial charge in [0.2, 0.25) is 0 Å². The van der Waals surface area contributed by atoms with E-state index in [4.69, 9.17) is 4.74 Å². The monoisotopic (exact) mass is 289 g/mol. The molecule has 4 heteroatoms. The van der Waals surface area contributed by atoms with E-state index in [1.165, 1.54) is 0 Å². The molecule has 0 radical (unpaired) electrons. The zero-order valence-electron chi connectivity index (χ0n) is 13.1. The molecule has 0 aromatic heterocycles. The molecule has 1 amide bonds. The van der Waals surface area contributed by atoms with E-state index in [1.54, 1.807) is 0 Å². The summed E-state index contributed by atoms with van der Waals surface area (Å²) < 4.78 is 5.28.